The molecule has 0 aromatic heterocycles. The van der Waals surface area contributed by atoms with E-state index in [0.29, 0.717) is 37.4 Å². The Morgan fingerprint density at radius 2 is 1.78 bits per heavy atom. The lowest BCUT2D eigenvalue weighted by molar-refractivity contribution is -0.127. The maximum atomic E-state index is 12.9. The van der Waals surface area contributed by atoms with Crippen LogP contribution in [0.5, 0.6) is 0 Å². The van der Waals surface area contributed by atoms with Gasteiger partial charge in [0, 0.05) is 32.2 Å². The standard InChI is InChI=1S/C20H32N2O4S/c1-15(14-26-5)21-19(23)16-10-12-22(13-11-16)27(24,25)18-8-6-17(7-9-18)20(2,3)4/h6-9,15-16H,10-14H2,1-5H3,(H,21,23). The SMILES string of the molecule is COCC(C)NC(=O)C1CCN(S(=O)(=O)c2ccc(C(C)(C)C)cc2)CC1. The number of piperidine rings is 1. The molecule has 0 saturated carbocycles. The molecular weight excluding hydrogens is 364 g/mol. The molecule has 0 bridgehead atoms. The van der Waals surface area contributed by atoms with Gasteiger partial charge >= 0.3 is 0 Å². The Balaban J connectivity index is 1.99. The molecule has 1 N–H and O–H groups in total. The smallest absolute Gasteiger partial charge is 0.243 e. The minimum atomic E-state index is -3.52. The van der Waals surface area contributed by atoms with Gasteiger partial charge < -0.3 is 10.1 Å². The summed E-state index contributed by atoms with van der Waals surface area (Å²) < 4.78 is 32.3. The van der Waals surface area contributed by atoms with Crippen molar-refractivity contribution in [3.8, 4) is 0 Å². The summed E-state index contributed by atoms with van der Waals surface area (Å²) in [5, 5.41) is 2.92. The van der Waals surface area contributed by atoms with E-state index in [4.69, 9.17) is 4.74 Å². The second-order valence-electron chi connectivity index (χ2n) is 8.32. The first-order valence-corrected chi connectivity index (χ1v) is 10.9. The minimum Gasteiger partial charge on any atom is -0.383 e. The molecule has 1 fully saturated rings. The Labute approximate surface area is 163 Å². The van der Waals surface area contributed by atoms with Gasteiger partial charge in [-0.25, -0.2) is 8.42 Å². The first-order chi connectivity index (χ1) is 12.6. The van der Waals surface area contributed by atoms with E-state index in [9.17, 15) is 13.2 Å². The topological polar surface area (TPSA) is 75.7 Å². The van der Waals surface area contributed by atoms with Crippen LogP contribution >= 0.6 is 0 Å². The Morgan fingerprint density at radius 1 is 1.22 bits per heavy atom. The van der Waals surface area contributed by atoms with Crippen LogP contribution in [0.1, 0.15) is 46.1 Å². The van der Waals surface area contributed by atoms with E-state index < -0.39 is 10.0 Å². The summed E-state index contributed by atoms with van der Waals surface area (Å²) in [6.07, 6.45) is 1.07. The predicted molar refractivity (Wildman–Crippen MR) is 106 cm³/mol. The van der Waals surface area contributed by atoms with Crippen LogP contribution in [0.4, 0.5) is 0 Å². The monoisotopic (exact) mass is 396 g/mol. The molecule has 7 heteroatoms. The number of carbonyl (C=O) groups excluding carboxylic acids is 1. The van der Waals surface area contributed by atoms with E-state index >= 15 is 0 Å². The third-order valence-electron chi connectivity index (χ3n) is 4.99. The van der Waals surface area contributed by atoms with E-state index in [2.05, 4.69) is 26.1 Å². The Bertz CT molecular complexity index is 730. The number of nitrogens with zero attached hydrogens (tertiary/aromatic N) is 1. The zero-order chi connectivity index (χ0) is 20.2. The third-order valence-corrected chi connectivity index (χ3v) is 6.90. The van der Waals surface area contributed by atoms with Crippen LogP contribution in [0, 0.1) is 5.92 Å². The van der Waals surface area contributed by atoms with Crippen LogP contribution < -0.4 is 5.32 Å². The number of ether oxygens (including phenoxy) is 1. The highest BCUT2D eigenvalue weighted by atomic mass is 32.2. The van der Waals surface area contributed by atoms with Crippen molar-refractivity contribution in [2.24, 2.45) is 5.92 Å². The number of amides is 1. The molecule has 6 nitrogen and oxygen atoms in total. The molecule has 1 aromatic carbocycles. The number of rotatable bonds is 6. The second-order valence-corrected chi connectivity index (χ2v) is 10.3. The highest BCUT2D eigenvalue weighted by molar-refractivity contribution is 7.89. The average Bonchev–Trinajstić information content (AvgIpc) is 2.61. The van der Waals surface area contributed by atoms with Gasteiger partial charge in [0.25, 0.3) is 0 Å². The molecule has 1 saturated heterocycles. The summed E-state index contributed by atoms with van der Waals surface area (Å²) in [5.41, 5.74) is 1.08. The lowest BCUT2D eigenvalue weighted by Gasteiger charge is -2.31. The summed E-state index contributed by atoms with van der Waals surface area (Å²) in [7, 11) is -1.93. The molecule has 1 unspecified atom stereocenters. The third kappa shape index (κ3) is 5.53. The largest absolute Gasteiger partial charge is 0.383 e. The maximum Gasteiger partial charge on any atom is 0.243 e. The molecule has 152 valence electrons. The number of benzene rings is 1. The lowest BCUT2D eigenvalue weighted by Crippen LogP contribution is -2.45. The number of sulfonamides is 1. The van der Waals surface area contributed by atoms with Gasteiger partial charge in [0.1, 0.15) is 0 Å². The van der Waals surface area contributed by atoms with Crippen LogP contribution in [0.3, 0.4) is 0 Å². The van der Waals surface area contributed by atoms with Crippen LogP contribution in [0.15, 0.2) is 29.2 Å². The van der Waals surface area contributed by atoms with Crippen molar-refractivity contribution in [3.05, 3.63) is 29.8 Å². The molecule has 1 heterocycles. The van der Waals surface area contributed by atoms with Gasteiger partial charge in [-0.05, 0) is 42.9 Å². The first-order valence-electron chi connectivity index (χ1n) is 9.45. The number of hydrogen-bond donors (Lipinski definition) is 1. The quantitative estimate of drug-likeness (QED) is 0.802. The van der Waals surface area contributed by atoms with Crippen LogP contribution in [0.25, 0.3) is 0 Å². The molecule has 0 spiro atoms. The molecule has 1 amide bonds. The van der Waals surface area contributed by atoms with Gasteiger partial charge in [0.2, 0.25) is 15.9 Å². The normalized spacial score (nSPS) is 18.3. The fraction of sp³-hybridized carbons (Fsp3) is 0.650. The summed E-state index contributed by atoms with van der Waals surface area (Å²) in [6.45, 7) is 9.37. The number of nitrogens with one attached hydrogen (secondary N) is 1. The van der Waals surface area contributed by atoms with Gasteiger partial charge in [-0.3, -0.25) is 4.79 Å². The van der Waals surface area contributed by atoms with Crippen molar-refractivity contribution in [3.63, 3.8) is 0 Å². The van der Waals surface area contributed by atoms with Crippen LogP contribution in [-0.4, -0.2) is 51.5 Å². The summed E-state index contributed by atoms with van der Waals surface area (Å²) in [6, 6.07) is 7.07. The van der Waals surface area contributed by atoms with E-state index in [1.165, 1.54) is 4.31 Å². The number of methoxy groups -OCH3 is 1. The van der Waals surface area contributed by atoms with E-state index in [-0.39, 0.29) is 23.3 Å². The predicted octanol–water partition coefficient (Wildman–Crippen LogP) is 2.54. The highest BCUT2D eigenvalue weighted by Gasteiger charge is 2.32. The fourth-order valence-electron chi connectivity index (χ4n) is 3.29. The second kappa shape index (κ2) is 8.71. The molecule has 1 aliphatic heterocycles. The highest BCUT2D eigenvalue weighted by Crippen LogP contribution is 2.27. The van der Waals surface area contributed by atoms with Crippen LogP contribution in [-0.2, 0) is 25.0 Å². The molecule has 2 rings (SSSR count). The minimum absolute atomic E-state index is 0.0199. The summed E-state index contributed by atoms with van der Waals surface area (Å²) in [5.74, 6) is -0.176. The summed E-state index contributed by atoms with van der Waals surface area (Å²) >= 11 is 0. The van der Waals surface area contributed by atoms with Gasteiger partial charge in [-0.2, -0.15) is 4.31 Å². The molecule has 0 radical (unpaired) electrons. The zero-order valence-corrected chi connectivity index (χ0v) is 17.8. The fourth-order valence-corrected chi connectivity index (χ4v) is 4.76. The lowest BCUT2D eigenvalue weighted by atomic mass is 9.87. The number of carbonyl (C=O) groups is 1. The Hall–Kier alpha value is -1.44. The van der Waals surface area contributed by atoms with Crippen molar-refractivity contribution in [1.82, 2.24) is 9.62 Å². The van der Waals surface area contributed by atoms with E-state index in [1.54, 1.807) is 19.2 Å². The van der Waals surface area contributed by atoms with E-state index in [1.807, 2.05) is 19.1 Å². The van der Waals surface area contributed by atoms with Gasteiger partial charge in [0.05, 0.1) is 11.5 Å². The van der Waals surface area contributed by atoms with E-state index in [0.717, 1.165) is 5.56 Å². The molecular formula is C20H32N2O4S. The van der Waals surface area contributed by atoms with Gasteiger partial charge in [-0.15, -0.1) is 0 Å². The zero-order valence-electron chi connectivity index (χ0n) is 17.0. The molecule has 0 aliphatic carbocycles. The van der Waals surface area contributed by atoms with Crippen molar-refractivity contribution in [2.75, 3.05) is 26.8 Å². The van der Waals surface area contributed by atoms with Crippen molar-refractivity contribution in [1.29, 1.82) is 0 Å². The maximum absolute atomic E-state index is 12.9. The van der Waals surface area contributed by atoms with Gasteiger partial charge in [-0.1, -0.05) is 32.9 Å². The first kappa shape index (κ1) is 21.9. The molecule has 1 aliphatic rings. The van der Waals surface area contributed by atoms with Crippen molar-refractivity contribution < 1.29 is 17.9 Å². The van der Waals surface area contributed by atoms with Gasteiger partial charge in [0.15, 0.2) is 0 Å². The van der Waals surface area contributed by atoms with Crippen molar-refractivity contribution in [2.45, 2.75) is 56.9 Å². The summed E-state index contributed by atoms with van der Waals surface area (Å²) in [4.78, 5) is 12.6. The number of hydrogen-bond acceptors (Lipinski definition) is 4. The molecule has 1 atom stereocenters. The Kier molecular flexibility index (Phi) is 7.05. The molecule has 1 aromatic rings. The van der Waals surface area contributed by atoms with Crippen molar-refractivity contribution >= 4 is 15.9 Å². The van der Waals surface area contributed by atoms with Crippen LogP contribution in [0.2, 0.25) is 0 Å². The molecule has 27 heavy (non-hydrogen) atoms. The Morgan fingerprint density at radius 3 is 2.26 bits per heavy atom. The average molecular weight is 397 g/mol.